The first-order valence-electron chi connectivity index (χ1n) is 24.1. The summed E-state index contributed by atoms with van der Waals surface area (Å²) in [6.45, 7) is 26.8. The topological polar surface area (TPSA) is 124 Å². The standard InChI is InChI=1S/C56H66ClFN4O7SSi2/c1-14-65-54(63)46(30-39-29-36(31-67-71(10,11)55(3,4)5)19-26-44(39)66-33-41-27-28-59-51(62-41)43-17-15-16-18-45(43)64-9)69-52-48-47(50(70-53(48)61-34-60-52)37-20-23-40(58)24-21-37)42-25-22-38(49(57)35(42)2)32-68-72(12,13)56(6,7)8/h15-29,34,46H,14,30-33H2,1-13H3/t46-/m1/s1. The number of ether oxygens (including phenoxy) is 4. The van der Waals surface area contributed by atoms with Gasteiger partial charge in [-0.25, -0.2) is 29.1 Å². The predicted octanol–water partition coefficient (Wildman–Crippen LogP) is 14.8. The number of nitrogens with zero attached hydrogens (tertiary/aromatic N) is 4. The fourth-order valence-electron chi connectivity index (χ4n) is 7.49. The highest BCUT2D eigenvalue weighted by Gasteiger charge is 2.38. The van der Waals surface area contributed by atoms with E-state index >= 15 is 0 Å². The number of halogens is 2. The van der Waals surface area contributed by atoms with Crippen molar-refractivity contribution in [2.75, 3.05) is 13.7 Å². The maximum absolute atomic E-state index is 14.4. The van der Waals surface area contributed by atoms with Crippen LogP contribution in [0, 0.1) is 12.7 Å². The van der Waals surface area contributed by atoms with E-state index in [1.54, 1.807) is 38.4 Å². The minimum atomic E-state index is -2.14. The van der Waals surface area contributed by atoms with Crippen LogP contribution >= 0.6 is 22.9 Å². The molecule has 4 aromatic carbocycles. The highest BCUT2D eigenvalue weighted by Crippen LogP contribution is 2.49. The van der Waals surface area contributed by atoms with E-state index in [9.17, 15) is 9.18 Å². The number of benzene rings is 4. The number of hydrogen-bond donors (Lipinski definition) is 0. The van der Waals surface area contributed by atoms with E-state index in [1.807, 2.05) is 61.5 Å². The minimum Gasteiger partial charge on any atom is -0.496 e. The van der Waals surface area contributed by atoms with Crippen LogP contribution in [0.4, 0.5) is 4.39 Å². The number of esters is 1. The summed E-state index contributed by atoms with van der Waals surface area (Å²) in [6.07, 6.45) is 1.96. The lowest BCUT2D eigenvalue weighted by atomic mass is 9.94. The van der Waals surface area contributed by atoms with Gasteiger partial charge in [-0.3, -0.25) is 0 Å². The van der Waals surface area contributed by atoms with Crippen molar-refractivity contribution in [1.29, 1.82) is 0 Å². The third-order valence-corrected chi connectivity index (χ3v) is 24.5. The molecule has 3 aromatic heterocycles. The summed E-state index contributed by atoms with van der Waals surface area (Å²) in [5, 5.41) is 1.15. The van der Waals surface area contributed by atoms with E-state index in [2.05, 4.69) is 72.7 Å². The monoisotopic (exact) mass is 1050 g/mol. The molecule has 0 fully saturated rings. The van der Waals surface area contributed by atoms with Crippen LogP contribution in [0.25, 0.3) is 43.2 Å². The van der Waals surface area contributed by atoms with Crippen LogP contribution in [0.5, 0.6) is 17.4 Å². The number of carbonyl (C=O) groups is 1. The van der Waals surface area contributed by atoms with Crippen LogP contribution in [0.1, 0.15) is 76.4 Å². The number of carbonyl (C=O) groups excluding carboxylic acids is 1. The molecule has 1 atom stereocenters. The van der Waals surface area contributed by atoms with Gasteiger partial charge in [0.1, 0.15) is 35.1 Å². The largest absolute Gasteiger partial charge is 0.496 e. The van der Waals surface area contributed by atoms with E-state index in [4.69, 9.17) is 54.4 Å². The lowest BCUT2D eigenvalue weighted by Crippen LogP contribution is -2.40. The van der Waals surface area contributed by atoms with Crippen molar-refractivity contribution in [3.8, 4) is 50.3 Å². The molecule has 0 aliphatic carbocycles. The normalized spacial score (nSPS) is 12.8. The van der Waals surface area contributed by atoms with Gasteiger partial charge in [-0.2, -0.15) is 0 Å². The molecule has 0 saturated carbocycles. The van der Waals surface area contributed by atoms with Gasteiger partial charge in [0.25, 0.3) is 0 Å². The first-order valence-corrected chi connectivity index (χ1v) is 31.2. The fourth-order valence-corrected chi connectivity index (χ4v) is 10.8. The van der Waals surface area contributed by atoms with Crippen molar-refractivity contribution >= 4 is 55.8 Å². The highest BCUT2D eigenvalue weighted by atomic mass is 35.5. The molecule has 72 heavy (non-hydrogen) atoms. The lowest BCUT2D eigenvalue weighted by molar-refractivity contribution is -0.151. The Kier molecular flexibility index (Phi) is 16.8. The molecule has 0 amide bonds. The Morgan fingerprint density at radius 2 is 1.49 bits per heavy atom. The molecular weight excluding hydrogens is 983 g/mol. The summed E-state index contributed by atoms with van der Waals surface area (Å²) >= 11 is 8.68. The number of para-hydroxylation sites is 1. The SMILES string of the molecule is CCOC(=O)[C@@H](Cc1cc(CO[Si](C)(C)C(C)(C)C)ccc1OCc1ccnc(-c2ccccc2OC)n1)Oc1ncnc2sc(-c3ccc(F)cc3)c(-c3ccc(CO[Si](C)(C)C(C)(C)C)c(Cl)c3C)c12. The molecule has 0 saturated heterocycles. The lowest BCUT2D eigenvalue weighted by Gasteiger charge is -2.36. The third-order valence-electron chi connectivity index (χ3n) is 13.9. The van der Waals surface area contributed by atoms with E-state index in [1.165, 1.54) is 29.8 Å². The van der Waals surface area contributed by atoms with Gasteiger partial charge in [-0.05, 0) is 126 Å². The van der Waals surface area contributed by atoms with Gasteiger partial charge >= 0.3 is 5.97 Å². The fraction of sp³-hybridized carbons (Fsp3) is 0.375. The Bertz CT molecular complexity index is 3050. The van der Waals surface area contributed by atoms with Crippen LogP contribution in [0.15, 0.2) is 97.5 Å². The minimum absolute atomic E-state index is 0.00709. The molecule has 0 aliphatic rings. The van der Waals surface area contributed by atoms with Crippen molar-refractivity contribution in [3.63, 3.8) is 0 Å². The molecule has 7 aromatic rings. The van der Waals surface area contributed by atoms with Gasteiger partial charge in [0.2, 0.25) is 12.0 Å². The second-order valence-corrected chi connectivity index (χ2v) is 31.8. The molecule has 380 valence electrons. The van der Waals surface area contributed by atoms with Crippen molar-refractivity contribution in [1.82, 2.24) is 19.9 Å². The smallest absolute Gasteiger partial charge is 0.347 e. The summed E-state index contributed by atoms with van der Waals surface area (Å²) in [5.74, 6) is 0.895. The second kappa shape index (κ2) is 22.3. The Balaban J connectivity index is 1.30. The van der Waals surface area contributed by atoms with Crippen LogP contribution in [0.2, 0.25) is 41.3 Å². The molecule has 0 radical (unpaired) electrons. The Morgan fingerprint density at radius 3 is 2.17 bits per heavy atom. The third kappa shape index (κ3) is 12.3. The number of rotatable bonds is 19. The summed E-state index contributed by atoms with van der Waals surface area (Å²) < 4.78 is 52.5. The summed E-state index contributed by atoms with van der Waals surface area (Å²) in [7, 11) is -2.63. The molecule has 0 bridgehead atoms. The number of fused-ring (bicyclic) bond motifs is 1. The van der Waals surface area contributed by atoms with Crippen LogP contribution in [-0.2, 0) is 44.6 Å². The predicted molar refractivity (Wildman–Crippen MR) is 292 cm³/mol. The maximum Gasteiger partial charge on any atom is 0.347 e. The molecule has 0 N–H and O–H groups in total. The second-order valence-electron chi connectivity index (χ2n) is 20.8. The molecule has 7 rings (SSSR count). The maximum atomic E-state index is 14.4. The zero-order chi connectivity index (χ0) is 52.2. The first kappa shape index (κ1) is 54.2. The molecule has 16 heteroatoms. The Morgan fingerprint density at radius 1 is 0.792 bits per heavy atom. The number of thiophene rings is 1. The van der Waals surface area contributed by atoms with Crippen molar-refractivity contribution in [2.24, 2.45) is 0 Å². The zero-order valence-electron chi connectivity index (χ0n) is 43.7. The van der Waals surface area contributed by atoms with E-state index in [0.29, 0.717) is 57.0 Å². The number of methoxy groups -OCH3 is 1. The van der Waals surface area contributed by atoms with Gasteiger partial charge in [-0.1, -0.05) is 95.6 Å². The van der Waals surface area contributed by atoms with Gasteiger partial charge in [0.15, 0.2) is 22.5 Å². The van der Waals surface area contributed by atoms with E-state index in [0.717, 1.165) is 43.8 Å². The Labute approximate surface area is 434 Å². The van der Waals surface area contributed by atoms with Crippen LogP contribution < -0.4 is 14.2 Å². The summed E-state index contributed by atoms with van der Waals surface area (Å²) in [6, 6.07) is 25.6. The zero-order valence-corrected chi connectivity index (χ0v) is 47.2. The van der Waals surface area contributed by atoms with E-state index < -0.39 is 28.7 Å². The van der Waals surface area contributed by atoms with Gasteiger partial charge in [0, 0.05) is 28.1 Å². The average Bonchev–Trinajstić information content (AvgIpc) is 3.73. The quantitative estimate of drug-likeness (QED) is 0.0568. The van der Waals surface area contributed by atoms with Crippen molar-refractivity contribution in [2.45, 2.75) is 124 Å². The number of hydrogen-bond acceptors (Lipinski definition) is 12. The van der Waals surface area contributed by atoms with Crippen LogP contribution in [-0.4, -0.2) is 62.4 Å². The molecule has 0 unspecified atom stereocenters. The number of aromatic nitrogens is 4. The van der Waals surface area contributed by atoms with Crippen molar-refractivity contribution in [3.05, 3.63) is 136 Å². The summed E-state index contributed by atoms with van der Waals surface area (Å²) in [5.41, 5.74) is 6.96. The molecule has 0 spiro atoms. The Hall–Kier alpha value is -5.56. The van der Waals surface area contributed by atoms with Gasteiger partial charge < -0.3 is 27.8 Å². The summed E-state index contributed by atoms with van der Waals surface area (Å²) in [4.78, 5) is 34.4. The van der Waals surface area contributed by atoms with Crippen LogP contribution in [0.3, 0.4) is 0 Å². The highest BCUT2D eigenvalue weighted by molar-refractivity contribution is 7.22. The molecule has 0 aliphatic heterocycles. The average molecular weight is 1050 g/mol. The molecule has 11 nitrogen and oxygen atoms in total. The molecule has 3 heterocycles. The molecular formula is C56H66ClFN4O7SSi2. The van der Waals surface area contributed by atoms with E-state index in [-0.39, 0.29) is 41.4 Å². The van der Waals surface area contributed by atoms with Gasteiger partial charge in [0.05, 0.1) is 43.6 Å². The first-order chi connectivity index (χ1) is 34.0. The van der Waals surface area contributed by atoms with Gasteiger partial charge in [-0.15, -0.1) is 11.3 Å². The van der Waals surface area contributed by atoms with Crippen molar-refractivity contribution < 1.29 is 37.0 Å².